The van der Waals surface area contributed by atoms with Gasteiger partial charge in [-0.2, -0.15) is 8.97 Å². The number of hydrogen-bond donors (Lipinski definition) is 1. The van der Waals surface area contributed by atoms with Gasteiger partial charge in [0.2, 0.25) is 5.69 Å². The Morgan fingerprint density at radius 3 is 1.67 bits per heavy atom. The van der Waals surface area contributed by atoms with Crippen LogP contribution in [0.25, 0.3) is 127 Å². The Kier molecular flexibility index (Phi) is 22.2. The number of imidazole rings is 1. The van der Waals surface area contributed by atoms with Gasteiger partial charge in [-0.05, 0) is 171 Å². The van der Waals surface area contributed by atoms with Crippen molar-refractivity contribution in [3.63, 3.8) is 0 Å². The molecule has 1 radical (unpaired) electrons. The van der Waals surface area contributed by atoms with Gasteiger partial charge in [0.1, 0.15) is 19.6 Å². The van der Waals surface area contributed by atoms with Crippen LogP contribution in [-0.4, -0.2) is 43.7 Å². The third-order valence-electron chi connectivity index (χ3n) is 29.7. The first-order valence-electron chi connectivity index (χ1n) is 56.3. The smallest absolute Gasteiger partial charge is 0.345 e. The maximum atomic E-state index is 10.0. The molecule has 16 aromatic carbocycles. The van der Waals surface area contributed by atoms with Crippen LogP contribution in [0.3, 0.4) is 0 Å². The molecule has 1 aliphatic carbocycles. The van der Waals surface area contributed by atoms with Gasteiger partial charge in [0.05, 0.1) is 40.1 Å². The van der Waals surface area contributed by atoms with Crippen LogP contribution in [0.4, 0.5) is 17.1 Å². The Labute approximate surface area is 919 Å². The Bertz CT molecular complexity index is 9760. The molecule has 23 aromatic rings. The molecule has 727 valence electrons. The van der Waals surface area contributed by atoms with Crippen molar-refractivity contribution in [3.05, 3.63) is 544 Å². The summed E-state index contributed by atoms with van der Waals surface area (Å²) in [5, 5.41) is 17.8. The van der Waals surface area contributed by atoms with Crippen molar-refractivity contribution < 1.29 is 82.4 Å². The molecule has 0 atom stereocenters. The molecule has 12 heterocycles. The standard InChI is InChI=1S/C54H35N3.C25H21N2.C19H16N.C18H12N.C15H18GeN.C5H8O2.Ir.Pt/c1-5-18-40(19-6-1)53(41-20-7-2-8-21-41)44-32-30-38(48-28-13-15-34-55-48)36-50(44)57-51-37-39(49-29-14-16-35-56-49)31-33-45(51)54(42-22-9-3-10-23-42,43-24-11-4-12-25-43)47-27-17-26-46(53)52(47)57;1-15-10-11-21-20(12-15)19-9-5-8-18-13-26-14-22(27(21)25(26)24(18)19)23-16(2)6-4-7-17(23)3;1-19(2)14-7-3-5-12-9-10-20-11-13-6-4-8-15(19)17(13)18(20)16(12)14;1-12-10-17-15-8-3-2-6-13(15)14-7-4-5-9-16(14)18(17)19-11-12;1-16(2,3)13-8-9-15-14-7-5-4-6-12(14)10-17(15)11-13;1-4(6)3-5(2)7;;/h1-35H;4-12,14H,13H2,1-3H3;3-10H,11H2,1-2H3;2-8,10-11H,1H3;4-9,11H,10H2,1-3H3;3,6H,1-2H3;;/q-2;2*+1;-1;+1;;;+2/i;2D3,4D,5D,6D,7D,8D,9D,10D,11D,12D,14D;;;;;;. The third-order valence-corrected chi connectivity index (χ3v) is 33.9. The third kappa shape index (κ3) is 16.7. The summed E-state index contributed by atoms with van der Waals surface area (Å²) in [5.74, 6) is 7.28. The molecule has 0 unspecified atom stereocenters. The van der Waals surface area contributed by atoms with E-state index >= 15 is 0 Å². The predicted molar refractivity (Wildman–Crippen MR) is 603 cm³/mol. The summed E-state index contributed by atoms with van der Waals surface area (Å²) in [6, 6.07) is 126. The molecule has 0 spiro atoms. The van der Waals surface area contributed by atoms with Crippen LogP contribution in [0, 0.1) is 45.8 Å². The maximum Gasteiger partial charge on any atom is 2.00 e. The number of aliphatic hydroxyl groups is 1. The first-order valence-corrected chi connectivity index (χ1v) is 57.2. The average molecular weight is 2360 g/mol. The molecule has 5 aliphatic heterocycles. The zero-order valence-corrected chi connectivity index (χ0v) is 90.6. The van der Waals surface area contributed by atoms with Gasteiger partial charge in [-0.3, -0.25) is 4.79 Å². The van der Waals surface area contributed by atoms with Crippen molar-refractivity contribution in [2.45, 2.75) is 108 Å². The quantitative estimate of drug-likeness (QED) is 0.0386. The van der Waals surface area contributed by atoms with Crippen molar-refractivity contribution in [1.82, 2.24) is 19.5 Å². The molecule has 13 heteroatoms. The zero-order valence-electron chi connectivity index (χ0n) is 96.8. The number of aliphatic hydroxyl groups excluding tert-OH is 1. The van der Waals surface area contributed by atoms with Crippen LogP contribution < -0.4 is 22.8 Å². The van der Waals surface area contributed by atoms with Crippen LogP contribution in [0.2, 0.25) is 17.3 Å². The number of rotatable bonds is 9. The minimum Gasteiger partial charge on any atom is -0.345 e. The number of fused-ring (bicyclic) bond motifs is 16. The second kappa shape index (κ2) is 39.6. The molecule has 6 aliphatic rings. The normalized spacial score (nSPS) is 14.8. The molecule has 10 nitrogen and oxygen atoms in total. The van der Waals surface area contributed by atoms with Gasteiger partial charge < -0.3 is 25.0 Å². The number of anilines is 3. The van der Waals surface area contributed by atoms with E-state index < -0.39 is 48.6 Å². The summed E-state index contributed by atoms with van der Waals surface area (Å²) in [7, 11) is 0. The largest absolute Gasteiger partial charge is 2.00 e. The first-order chi connectivity index (χ1) is 77.0. The number of carbonyl (C=O) groups excluding carboxylic acids is 1. The molecular weight excluding hydrogens is 2240 g/mol. The number of allylic oxidation sites excluding steroid dienone is 2. The Morgan fingerprint density at radius 1 is 0.497 bits per heavy atom. The van der Waals surface area contributed by atoms with E-state index in [0.29, 0.717) is 10.9 Å². The number of para-hydroxylation sites is 1. The number of aryl methyl sites for hydroxylation is 1. The van der Waals surface area contributed by atoms with Crippen molar-refractivity contribution in [3.8, 4) is 56.3 Å². The zero-order chi connectivity index (χ0) is 112. The molecule has 29 rings (SSSR count). The predicted octanol–water partition coefficient (Wildman–Crippen LogP) is 29.8. The molecule has 1 N–H and O–H groups in total. The van der Waals surface area contributed by atoms with Gasteiger partial charge in [-0.15, -0.1) is 77.2 Å². The molecule has 149 heavy (non-hydrogen) atoms. The van der Waals surface area contributed by atoms with E-state index in [2.05, 4.69) is 379 Å². The summed E-state index contributed by atoms with van der Waals surface area (Å²) in [4.78, 5) is 26.7. The first kappa shape index (κ1) is 83.5. The van der Waals surface area contributed by atoms with Crippen LogP contribution in [0.15, 0.2) is 431 Å². The molecule has 0 fully saturated rings. The van der Waals surface area contributed by atoms with E-state index in [4.69, 9.17) is 31.5 Å². The van der Waals surface area contributed by atoms with E-state index in [1.54, 1.807) is 4.40 Å². The monoisotopic (exact) mass is 2360 g/mol. The number of carbonyl (C=O) groups is 1. The van der Waals surface area contributed by atoms with Crippen molar-refractivity contribution >= 4 is 111 Å². The second-order valence-corrected chi connectivity index (χ2v) is 50.8. The molecule has 7 aromatic heterocycles. The number of pyridine rings is 6. The van der Waals surface area contributed by atoms with Gasteiger partial charge in [-0.25, -0.2) is 4.57 Å². The fourth-order valence-electron chi connectivity index (χ4n) is 23.3. The number of hydrogen-bond acceptors (Lipinski definition) is 6. The number of ketones is 1. The van der Waals surface area contributed by atoms with Crippen LogP contribution in [-0.2, 0) is 81.8 Å². The molecule has 0 saturated heterocycles. The topological polar surface area (TPSA) is 96.0 Å². The van der Waals surface area contributed by atoms with E-state index in [1.165, 1.54) is 159 Å². The number of aromatic nitrogens is 7. The van der Waals surface area contributed by atoms with E-state index in [0.717, 1.165) is 74.7 Å². The maximum absolute atomic E-state index is 10.0. The molecule has 0 saturated carbocycles. The van der Waals surface area contributed by atoms with Gasteiger partial charge in [0.25, 0.3) is 5.65 Å². The molecule has 0 amide bonds. The Hall–Kier alpha value is -15.6. The summed E-state index contributed by atoms with van der Waals surface area (Å²) in [6.45, 7) is 11.7. The van der Waals surface area contributed by atoms with Crippen molar-refractivity contribution in [2.24, 2.45) is 0 Å². The van der Waals surface area contributed by atoms with Crippen LogP contribution >= 0.6 is 0 Å². The summed E-state index contributed by atoms with van der Waals surface area (Å²) in [6.07, 6.45) is 11.2. The van der Waals surface area contributed by atoms with E-state index in [1.807, 2.05) is 55.0 Å². The van der Waals surface area contributed by atoms with Crippen molar-refractivity contribution in [1.29, 1.82) is 0 Å². The van der Waals surface area contributed by atoms with Gasteiger partial charge in [0, 0.05) is 98.7 Å². The second-order valence-electron chi connectivity index (χ2n) is 40.2. The fourth-order valence-corrected chi connectivity index (χ4v) is 25.6. The van der Waals surface area contributed by atoms with Crippen molar-refractivity contribution in [2.75, 3.05) is 4.90 Å². The van der Waals surface area contributed by atoms with E-state index in [9.17, 15) is 6.17 Å². The van der Waals surface area contributed by atoms with E-state index in [-0.39, 0.29) is 157 Å². The fraction of sp³-hybridized carbons (Fsp3) is 0.125. The summed E-state index contributed by atoms with van der Waals surface area (Å²) in [5.41, 5.74) is 28.5. The summed E-state index contributed by atoms with van der Waals surface area (Å²) < 4.78 is 120. The van der Waals surface area contributed by atoms with Crippen LogP contribution in [0.5, 0.6) is 0 Å². The summed E-state index contributed by atoms with van der Waals surface area (Å²) >= 11 is -1.70. The minimum atomic E-state index is -2.91. The minimum absolute atomic E-state index is 0. The van der Waals surface area contributed by atoms with Crippen LogP contribution in [0.1, 0.15) is 140 Å². The van der Waals surface area contributed by atoms with Gasteiger partial charge in [0.15, 0.2) is 24.2 Å². The SMILES string of the molecule is CC(=O)C=C(C)O.CC1(C)c2cccc3c2-c2c4c1cccc4cc[n+]2C3.Cc1cnc2c3[c-]cccc3c3ccccc3c2c1.[2H]c1c([2H])c(C)c(-c2c([2H])n3c4c5c(c([2H])c([2H])c([2H])c5c5c([2H])c(C)c([2H])c([2H])c5[n+]24)C3)c(C([2H])([2H])[2H])c1[2H].[CH3][Ge]([CH3])([CH3])[c]1ccc2[n+](c1)Cc1ccccc1-2.[Ir].[Pt+2].[c-]1c(-c2ccccn2)ccc2c1N1c3[c-]c(-c4ccccn4)ccc3C(c3ccccc3)(c3ccccc3)c3cccc(c31)C2(c1ccccc1)c1ccccc1. The molecule has 0 bridgehead atoms. The average Bonchev–Trinajstić information content (AvgIpc) is 0.753. The van der Waals surface area contributed by atoms with Gasteiger partial charge in [-0.1, -0.05) is 314 Å². The number of benzene rings is 16. The van der Waals surface area contributed by atoms with Gasteiger partial charge >= 0.3 is 127 Å². The molecular formula is C136H110GeIrN8O2Pt+2. The Balaban J connectivity index is 0.000000119. The Morgan fingerprint density at radius 2 is 1.06 bits per heavy atom. The number of nitrogens with zero attached hydrogens (tertiary/aromatic N) is 8.